The number of fused-ring (bicyclic) bond motifs is 1. The lowest BCUT2D eigenvalue weighted by Crippen LogP contribution is -2.38. The minimum Gasteiger partial charge on any atom is -0.396 e. The minimum atomic E-state index is 0.0909. The van der Waals surface area contributed by atoms with Crippen molar-refractivity contribution in [1.29, 1.82) is 0 Å². The summed E-state index contributed by atoms with van der Waals surface area (Å²) in [5, 5.41) is 15.3. The number of rotatable bonds is 5. The van der Waals surface area contributed by atoms with E-state index in [0.717, 1.165) is 36.5 Å². The predicted octanol–water partition coefficient (Wildman–Crippen LogP) is 3.85. The first kappa shape index (κ1) is 14.9. The molecule has 21 heavy (non-hydrogen) atoms. The molecule has 1 aliphatic carbocycles. The van der Waals surface area contributed by atoms with Crippen molar-refractivity contribution in [2.24, 2.45) is 5.41 Å². The van der Waals surface area contributed by atoms with E-state index in [2.05, 4.69) is 16.4 Å². The molecule has 3 N–H and O–H groups in total. The molecule has 2 aromatic rings. The molecule has 1 saturated carbocycles. The molecule has 3 rings (SSSR count). The quantitative estimate of drug-likeness (QED) is 0.785. The predicted molar refractivity (Wildman–Crippen MR) is 87.6 cm³/mol. The smallest absolute Gasteiger partial charge is 0.0499 e. The summed E-state index contributed by atoms with van der Waals surface area (Å²) in [6.45, 7) is 2.01. The SMILES string of the molecule is OCC1(CNCc2c[nH]c3cc(Cl)ccc23)CCCCC1. The van der Waals surface area contributed by atoms with Gasteiger partial charge in [0.05, 0.1) is 0 Å². The topological polar surface area (TPSA) is 48.0 Å². The number of nitrogens with one attached hydrogen (secondary N) is 2. The second-order valence-electron chi connectivity index (χ2n) is 6.33. The third kappa shape index (κ3) is 3.25. The second kappa shape index (κ2) is 6.39. The van der Waals surface area contributed by atoms with E-state index in [-0.39, 0.29) is 5.41 Å². The van der Waals surface area contributed by atoms with E-state index in [0.29, 0.717) is 6.61 Å². The lowest BCUT2D eigenvalue weighted by atomic mass is 9.74. The van der Waals surface area contributed by atoms with E-state index in [1.807, 2.05) is 18.3 Å². The molecular weight excluding hydrogens is 284 g/mol. The van der Waals surface area contributed by atoms with Crippen molar-refractivity contribution in [3.05, 3.63) is 35.0 Å². The molecule has 1 aromatic carbocycles. The molecule has 0 bridgehead atoms. The molecule has 0 spiro atoms. The second-order valence-corrected chi connectivity index (χ2v) is 6.76. The third-order valence-electron chi connectivity index (χ3n) is 4.79. The van der Waals surface area contributed by atoms with Crippen LogP contribution in [0.25, 0.3) is 10.9 Å². The first-order chi connectivity index (χ1) is 10.2. The van der Waals surface area contributed by atoms with Crippen LogP contribution in [0.15, 0.2) is 24.4 Å². The average molecular weight is 307 g/mol. The number of benzene rings is 1. The molecule has 0 saturated heterocycles. The van der Waals surface area contributed by atoms with Gasteiger partial charge in [0.25, 0.3) is 0 Å². The van der Waals surface area contributed by atoms with Crippen molar-refractivity contribution in [2.45, 2.75) is 38.6 Å². The maximum Gasteiger partial charge on any atom is 0.0499 e. The maximum absolute atomic E-state index is 9.74. The van der Waals surface area contributed by atoms with E-state index < -0.39 is 0 Å². The number of aliphatic hydroxyl groups excluding tert-OH is 1. The van der Waals surface area contributed by atoms with Gasteiger partial charge in [-0.25, -0.2) is 0 Å². The Morgan fingerprint density at radius 2 is 2.05 bits per heavy atom. The molecule has 0 radical (unpaired) electrons. The molecule has 3 nitrogen and oxygen atoms in total. The Kier molecular flexibility index (Phi) is 4.53. The number of aromatic nitrogens is 1. The lowest BCUT2D eigenvalue weighted by molar-refractivity contribution is 0.0811. The molecule has 1 aromatic heterocycles. The van der Waals surface area contributed by atoms with Gasteiger partial charge in [0.2, 0.25) is 0 Å². The summed E-state index contributed by atoms with van der Waals surface area (Å²) in [6, 6.07) is 5.95. The highest BCUT2D eigenvalue weighted by atomic mass is 35.5. The van der Waals surface area contributed by atoms with Gasteiger partial charge in [-0.1, -0.05) is 36.9 Å². The fourth-order valence-electron chi connectivity index (χ4n) is 3.46. The summed E-state index contributed by atoms with van der Waals surface area (Å²) in [6.07, 6.45) is 8.12. The van der Waals surface area contributed by atoms with Gasteiger partial charge in [0, 0.05) is 47.2 Å². The standard InChI is InChI=1S/C17H23ClN2O/c18-14-4-5-15-13(10-20-16(15)8-14)9-19-11-17(12-21)6-2-1-3-7-17/h4-5,8,10,19-21H,1-3,6-7,9,11-12H2. The Labute approximate surface area is 130 Å². The van der Waals surface area contributed by atoms with Crippen molar-refractivity contribution < 1.29 is 5.11 Å². The van der Waals surface area contributed by atoms with E-state index in [1.165, 1.54) is 30.2 Å². The monoisotopic (exact) mass is 306 g/mol. The van der Waals surface area contributed by atoms with Crippen LogP contribution < -0.4 is 5.32 Å². The molecule has 114 valence electrons. The van der Waals surface area contributed by atoms with E-state index in [9.17, 15) is 5.11 Å². The van der Waals surface area contributed by atoms with Crippen LogP contribution in [-0.2, 0) is 6.54 Å². The minimum absolute atomic E-state index is 0.0909. The summed E-state index contributed by atoms with van der Waals surface area (Å²) in [5.74, 6) is 0. The van der Waals surface area contributed by atoms with Crippen LogP contribution in [0.5, 0.6) is 0 Å². The fourth-order valence-corrected chi connectivity index (χ4v) is 3.63. The van der Waals surface area contributed by atoms with Gasteiger partial charge in [-0.05, 0) is 30.5 Å². The highest BCUT2D eigenvalue weighted by Crippen LogP contribution is 2.35. The van der Waals surface area contributed by atoms with Gasteiger partial charge < -0.3 is 15.4 Å². The van der Waals surface area contributed by atoms with Crippen LogP contribution in [0, 0.1) is 5.41 Å². The van der Waals surface area contributed by atoms with Crippen molar-refractivity contribution in [3.8, 4) is 0 Å². The van der Waals surface area contributed by atoms with Gasteiger partial charge in [-0.2, -0.15) is 0 Å². The zero-order valence-corrected chi connectivity index (χ0v) is 13.0. The molecule has 0 atom stereocenters. The van der Waals surface area contributed by atoms with Gasteiger partial charge in [0.15, 0.2) is 0 Å². The maximum atomic E-state index is 9.74. The van der Waals surface area contributed by atoms with Crippen LogP contribution in [0.2, 0.25) is 5.02 Å². The summed E-state index contributed by atoms with van der Waals surface area (Å²) in [4.78, 5) is 3.27. The first-order valence-electron chi connectivity index (χ1n) is 7.80. The van der Waals surface area contributed by atoms with Crippen LogP contribution in [0.4, 0.5) is 0 Å². The van der Waals surface area contributed by atoms with Gasteiger partial charge in [0.1, 0.15) is 0 Å². The third-order valence-corrected chi connectivity index (χ3v) is 5.03. The normalized spacial score (nSPS) is 18.2. The molecule has 1 heterocycles. The Bertz CT molecular complexity index is 602. The van der Waals surface area contributed by atoms with Crippen molar-refractivity contribution in [1.82, 2.24) is 10.3 Å². The first-order valence-corrected chi connectivity index (χ1v) is 8.17. The van der Waals surface area contributed by atoms with Crippen LogP contribution in [0.1, 0.15) is 37.7 Å². The molecule has 0 aliphatic heterocycles. The Hall–Kier alpha value is -1.03. The highest BCUT2D eigenvalue weighted by molar-refractivity contribution is 6.31. The number of H-pyrrole nitrogens is 1. The fraction of sp³-hybridized carbons (Fsp3) is 0.529. The van der Waals surface area contributed by atoms with Crippen LogP contribution in [0.3, 0.4) is 0 Å². The average Bonchev–Trinajstić information content (AvgIpc) is 2.90. The Balaban J connectivity index is 1.63. The summed E-state index contributed by atoms with van der Waals surface area (Å²) >= 11 is 6.01. The summed E-state index contributed by atoms with van der Waals surface area (Å²) < 4.78 is 0. The van der Waals surface area contributed by atoms with E-state index in [1.54, 1.807) is 0 Å². The van der Waals surface area contributed by atoms with Gasteiger partial charge in [-0.15, -0.1) is 0 Å². The molecule has 4 heteroatoms. The number of hydrogen-bond donors (Lipinski definition) is 3. The number of halogens is 1. The van der Waals surface area contributed by atoms with Crippen molar-refractivity contribution in [2.75, 3.05) is 13.2 Å². The van der Waals surface area contributed by atoms with Crippen LogP contribution >= 0.6 is 11.6 Å². The van der Waals surface area contributed by atoms with Crippen molar-refractivity contribution in [3.63, 3.8) is 0 Å². The van der Waals surface area contributed by atoms with Gasteiger partial charge >= 0.3 is 0 Å². The summed E-state index contributed by atoms with van der Waals surface area (Å²) in [5.41, 5.74) is 2.42. The zero-order chi connectivity index (χ0) is 14.7. The molecule has 0 amide bonds. The highest BCUT2D eigenvalue weighted by Gasteiger charge is 2.30. The number of aromatic amines is 1. The Morgan fingerprint density at radius 1 is 1.24 bits per heavy atom. The molecule has 1 fully saturated rings. The number of aliphatic hydroxyl groups is 1. The Morgan fingerprint density at radius 3 is 2.81 bits per heavy atom. The lowest BCUT2D eigenvalue weighted by Gasteiger charge is -2.35. The molecule has 0 unspecified atom stereocenters. The van der Waals surface area contributed by atoms with Crippen LogP contribution in [-0.4, -0.2) is 23.2 Å². The van der Waals surface area contributed by atoms with E-state index >= 15 is 0 Å². The van der Waals surface area contributed by atoms with Gasteiger partial charge in [-0.3, -0.25) is 0 Å². The molecular formula is C17H23ClN2O. The number of hydrogen-bond acceptors (Lipinski definition) is 2. The largest absolute Gasteiger partial charge is 0.396 e. The molecule has 1 aliphatic rings. The van der Waals surface area contributed by atoms with Crippen molar-refractivity contribution >= 4 is 22.5 Å². The van der Waals surface area contributed by atoms with E-state index in [4.69, 9.17) is 11.6 Å². The zero-order valence-electron chi connectivity index (χ0n) is 12.3. The summed E-state index contributed by atoms with van der Waals surface area (Å²) in [7, 11) is 0.